The number of hydrogen-bond acceptors (Lipinski definition) is 5. The average molecular weight is 289 g/mol. The van der Waals surface area contributed by atoms with E-state index in [4.69, 9.17) is 5.11 Å². The molecule has 112 valence electrons. The van der Waals surface area contributed by atoms with Crippen molar-refractivity contribution in [3.05, 3.63) is 17.6 Å². The van der Waals surface area contributed by atoms with Crippen LogP contribution in [0.15, 0.2) is 6.33 Å². The fraction of sp³-hybridized carbons (Fsp3) is 0.571. The fourth-order valence-electron chi connectivity index (χ4n) is 3.05. The SMILES string of the molecule is CCc1c(C)nc2ncnn2c1N1CCC(C(=O)O)CC1. The minimum Gasteiger partial charge on any atom is -0.481 e. The summed E-state index contributed by atoms with van der Waals surface area (Å²) in [5.74, 6) is 0.684. The number of anilines is 1. The third-order valence-corrected chi connectivity index (χ3v) is 4.20. The lowest BCUT2D eigenvalue weighted by Gasteiger charge is -2.33. The third-order valence-electron chi connectivity index (χ3n) is 4.20. The van der Waals surface area contributed by atoms with Gasteiger partial charge >= 0.3 is 5.97 Å². The normalized spacial score (nSPS) is 16.6. The van der Waals surface area contributed by atoms with E-state index in [-0.39, 0.29) is 5.92 Å². The molecule has 0 spiro atoms. The summed E-state index contributed by atoms with van der Waals surface area (Å²) in [7, 11) is 0. The second-order valence-electron chi connectivity index (χ2n) is 5.42. The van der Waals surface area contributed by atoms with Crippen LogP contribution >= 0.6 is 0 Å². The Morgan fingerprint density at radius 2 is 2.14 bits per heavy atom. The van der Waals surface area contributed by atoms with Crippen LogP contribution in [0.25, 0.3) is 5.78 Å². The first kappa shape index (κ1) is 13.8. The van der Waals surface area contributed by atoms with E-state index in [0.717, 1.165) is 36.6 Å². The number of rotatable bonds is 3. The smallest absolute Gasteiger partial charge is 0.306 e. The number of carbonyl (C=O) groups is 1. The summed E-state index contributed by atoms with van der Waals surface area (Å²) < 4.78 is 1.77. The van der Waals surface area contributed by atoms with Crippen LogP contribution in [-0.4, -0.2) is 43.7 Å². The molecule has 1 N–H and O–H groups in total. The van der Waals surface area contributed by atoms with E-state index in [0.29, 0.717) is 18.6 Å². The number of hydrogen-bond donors (Lipinski definition) is 1. The van der Waals surface area contributed by atoms with Gasteiger partial charge in [0, 0.05) is 24.3 Å². The topological polar surface area (TPSA) is 83.6 Å². The number of aromatic nitrogens is 4. The lowest BCUT2D eigenvalue weighted by molar-refractivity contribution is -0.142. The van der Waals surface area contributed by atoms with Gasteiger partial charge in [0.15, 0.2) is 0 Å². The molecule has 7 nitrogen and oxygen atoms in total. The largest absolute Gasteiger partial charge is 0.481 e. The van der Waals surface area contributed by atoms with Crippen molar-refractivity contribution in [3.8, 4) is 0 Å². The zero-order valence-corrected chi connectivity index (χ0v) is 12.3. The Labute approximate surface area is 122 Å². The highest BCUT2D eigenvalue weighted by atomic mass is 16.4. The third kappa shape index (κ3) is 2.32. The molecule has 0 aliphatic carbocycles. The minimum absolute atomic E-state index is 0.236. The summed E-state index contributed by atoms with van der Waals surface area (Å²) in [5.41, 5.74) is 2.12. The highest BCUT2D eigenvalue weighted by Gasteiger charge is 2.27. The quantitative estimate of drug-likeness (QED) is 0.917. The number of aryl methyl sites for hydroxylation is 1. The first-order chi connectivity index (χ1) is 10.1. The predicted octanol–water partition coefficient (Wildman–Crippen LogP) is 1.30. The van der Waals surface area contributed by atoms with Crippen LogP contribution in [0.1, 0.15) is 31.0 Å². The maximum Gasteiger partial charge on any atom is 0.306 e. The van der Waals surface area contributed by atoms with E-state index in [2.05, 4.69) is 26.9 Å². The summed E-state index contributed by atoms with van der Waals surface area (Å²) in [5, 5.41) is 13.4. The monoisotopic (exact) mass is 289 g/mol. The first-order valence-electron chi connectivity index (χ1n) is 7.28. The van der Waals surface area contributed by atoms with E-state index < -0.39 is 5.97 Å². The van der Waals surface area contributed by atoms with Crippen LogP contribution in [-0.2, 0) is 11.2 Å². The Balaban J connectivity index is 2.00. The molecule has 0 saturated carbocycles. The van der Waals surface area contributed by atoms with Gasteiger partial charge in [-0.3, -0.25) is 4.79 Å². The second kappa shape index (κ2) is 5.31. The number of aliphatic carboxylic acids is 1. The van der Waals surface area contributed by atoms with Crippen LogP contribution in [0.5, 0.6) is 0 Å². The van der Waals surface area contributed by atoms with Gasteiger partial charge in [0.05, 0.1) is 5.92 Å². The molecule has 0 unspecified atom stereocenters. The van der Waals surface area contributed by atoms with Gasteiger partial charge in [0.25, 0.3) is 5.78 Å². The standard InChI is InChI=1S/C14H19N5O2/c1-3-11-9(2)17-14-15-8-16-19(14)12(11)18-6-4-10(5-7-18)13(20)21/h8,10H,3-7H2,1-2H3,(H,20,21). The highest BCUT2D eigenvalue weighted by Crippen LogP contribution is 2.28. The summed E-state index contributed by atoms with van der Waals surface area (Å²) in [4.78, 5) is 22.0. The molecule has 1 saturated heterocycles. The molecule has 2 aromatic heterocycles. The Kier molecular flexibility index (Phi) is 3.48. The summed E-state index contributed by atoms with van der Waals surface area (Å²) >= 11 is 0. The van der Waals surface area contributed by atoms with Crippen molar-refractivity contribution in [1.29, 1.82) is 0 Å². The Hall–Kier alpha value is -2.18. The maximum atomic E-state index is 11.1. The summed E-state index contributed by atoms with van der Waals surface area (Å²) in [6.07, 6.45) is 3.70. The fourth-order valence-corrected chi connectivity index (χ4v) is 3.05. The van der Waals surface area contributed by atoms with Gasteiger partial charge in [-0.15, -0.1) is 0 Å². The van der Waals surface area contributed by atoms with Crippen molar-refractivity contribution in [2.45, 2.75) is 33.1 Å². The molecule has 0 radical (unpaired) electrons. The average Bonchev–Trinajstić information content (AvgIpc) is 2.93. The van der Waals surface area contributed by atoms with Gasteiger partial charge in [-0.1, -0.05) is 6.92 Å². The molecule has 0 atom stereocenters. The van der Waals surface area contributed by atoms with Crippen molar-refractivity contribution >= 4 is 17.6 Å². The van der Waals surface area contributed by atoms with Crippen molar-refractivity contribution in [2.75, 3.05) is 18.0 Å². The van der Waals surface area contributed by atoms with Crippen LogP contribution < -0.4 is 4.90 Å². The molecule has 21 heavy (non-hydrogen) atoms. The van der Waals surface area contributed by atoms with E-state index in [1.54, 1.807) is 4.52 Å². The maximum absolute atomic E-state index is 11.1. The lowest BCUT2D eigenvalue weighted by Crippen LogP contribution is -2.38. The summed E-state index contributed by atoms with van der Waals surface area (Å²) in [6.45, 7) is 5.53. The molecule has 7 heteroatoms. The zero-order chi connectivity index (χ0) is 15.0. The van der Waals surface area contributed by atoms with E-state index >= 15 is 0 Å². The molecule has 0 aromatic carbocycles. The van der Waals surface area contributed by atoms with Crippen molar-refractivity contribution in [3.63, 3.8) is 0 Å². The molecule has 2 aromatic rings. The van der Waals surface area contributed by atoms with Crippen molar-refractivity contribution in [1.82, 2.24) is 19.6 Å². The second-order valence-corrected chi connectivity index (χ2v) is 5.42. The summed E-state index contributed by atoms with van der Waals surface area (Å²) in [6, 6.07) is 0. The van der Waals surface area contributed by atoms with Gasteiger partial charge in [-0.25, -0.2) is 4.98 Å². The van der Waals surface area contributed by atoms with Gasteiger partial charge < -0.3 is 10.0 Å². The molecule has 3 heterocycles. The molecule has 1 aliphatic rings. The number of carboxylic acid groups (broad SMARTS) is 1. The van der Waals surface area contributed by atoms with Crippen molar-refractivity contribution < 1.29 is 9.90 Å². The van der Waals surface area contributed by atoms with Gasteiger partial charge in [0.1, 0.15) is 12.1 Å². The Bertz CT molecular complexity index is 673. The number of fused-ring (bicyclic) bond motifs is 1. The molecule has 1 fully saturated rings. The van der Waals surface area contributed by atoms with Crippen LogP contribution in [0, 0.1) is 12.8 Å². The molecular formula is C14H19N5O2. The molecular weight excluding hydrogens is 270 g/mol. The molecule has 1 aliphatic heterocycles. The van der Waals surface area contributed by atoms with Gasteiger partial charge in [0.2, 0.25) is 0 Å². The Morgan fingerprint density at radius 3 is 2.76 bits per heavy atom. The highest BCUT2D eigenvalue weighted by molar-refractivity contribution is 5.70. The predicted molar refractivity (Wildman–Crippen MR) is 77.5 cm³/mol. The molecule has 0 bridgehead atoms. The van der Waals surface area contributed by atoms with Gasteiger partial charge in [-0.2, -0.15) is 14.6 Å². The molecule has 0 amide bonds. The van der Waals surface area contributed by atoms with Crippen LogP contribution in [0.4, 0.5) is 5.82 Å². The lowest BCUT2D eigenvalue weighted by atomic mass is 9.96. The van der Waals surface area contributed by atoms with E-state index in [1.165, 1.54) is 6.33 Å². The minimum atomic E-state index is -0.692. The number of piperidine rings is 1. The number of nitrogens with zero attached hydrogens (tertiary/aromatic N) is 5. The van der Waals surface area contributed by atoms with Crippen LogP contribution in [0.2, 0.25) is 0 Å². The van der Waals surface area contributed by atoms with Gasteiger partial charge in [-0.05, 0) is 26.2 Å². The van der Waals surface area contributed by atoms with E-state index in [1.807, 2.05) is 6.92 Å². The van der Waals surface area contributed by atoms with E-state index in [9.17, 15) is 4.79 Å². The molecule has 3 rings (SSSR count). The Morgan fingerprint density at radius 1 is 1.43 bits per heavy atom. The number of carboxylic acids is 1. The van der Waals surface area contributed by atoms with Crippen LogP contribution in [0.3, 0.4) is 0 Å². The first-order valence-corrected chi connectivity index (χ1v) is 7.28. The zero-order valence-electron chi connectivity index (χ0n) is 12.3. The van der Waals surface area contributed by atoms with Crippen molar-refractivity contribution in [2.24, 2.45) is 5.92 Å².